The lowest BCUT2D eigenvalue weighted by Gasteiger charge is -2.59. The molecule has 4 atom stereocenters. The summed E-state index contributed by atoms with van der Waals surface area (Å²) in [6.07, 6.45) is 44.5. The van der Waals surface area contributed by atoms with E-state index in [1.807, 2.05) is 0 Å². The summed E-state index contributed by atoms with van der Waals surface area (Å²) in [5.74, 6) is 7.98. The third kappa shape index (κ3) is 7.09. The van der Waals surface area contributed by atoms with Crippen LogP contribution in [0, 0.1) is 52.8 Å². The van der Waals surface area contributed by atoms with E-state index in [0.717, 1.165) is 47.3 Å². The smallest absolute Gasteiger partial charge is 0.00440 e. The normalized spacial score (nSPS) is 29.5. The highest BCUT2D eigenvalue weighted by Gasteiger charge is 2.57. The van der Waals surface area contributed by atoms with Gasteiger partial charge >= 0.3 is 0 Å². The van der Waals surface area contributed by atoms with Crippen LogP contribution in [-0.4, -0.2) is 0 Å². The number of benzene rings is 1. The number of hydrogen-bond acceptors (Lipinski definition) is 0. The summed E-state index contributed by atoms with van der Waals surface area (Å²) in [5, 5.41) is 0. The van der Waals surface area contributed by atoms with Gasteiger partial charge < -0.3 is 0 Å². The van der Waals surface area contributed by atoms with E-state index in [9.17, 15) is 0 Å². The van der Waals surface area contributed by atoms with Crippen LogP contribution in [0.4, 0.5) is 0 Å². The lowest BCUT2D eigenvalue weighted by Crippen LogP contribution is -2.52. The van der Waals surface area contributed by atoms with E-state index in [1.54, 1.807) is 82.6 Å². The minimum Gasteiger partial charge on any atom is -0.0622 e. The van der Waals surface area contributed by atoms with Crippen LogP contribution in [0.15, 0.2) is 30.3 Å². The molecule has 6 aliphatic carbocycles. The van der Waals surface area contributed by atoms with Gasteiger partial charge in [0.2, 0.25) is 0 Å². The number of hydrogen-bond donors (Lipinski definition) is 0. The molecule has 258 valence electrons. The van der Waals surface area contributed by atoms with Crippen molar-refractivity contribution < 1.29 is 0 Å². The molecule has 0 amide bonds. The quantitative estimate of drug-likeness (QED) is 0.216. The largest absolute Gasteiger partial charge is 0.0622 e. The van der Waals surface area contributed by atoms with Crippen LogP contribution in [0.3, 0.4) is 0 Å². The summed E-state index contributed by atoms with van der Waals surface area (Å²) in [6, 6.07) is 12.3. The van der Waals surface area contributed by atoms with Crippen molar-refractivity contribution >= 4 is 0 Å². The van der Waals surface area contributed by atoms with Gasteiger partial charge in [0.25, 0.3) is 0 Å². The SMILES string of the molecule is CC(C1CCCC1)C(CC(C1CCCCC1)(C1CCCC1)C(CC1(c2ccccc2)CCCCC1)C1CCCCC1)C1CCCC1. The summed E-state index contributed by atoms with van der Waals surface area (Å²) in [5.41, 5.74) is 2.77. The molecule has 0 N–H and O–H groups in total. The average Bonchev–Trinajstić information content (AvgIpc) is 3.95. The third-order valence-electron chi connectivity index (χ3n) is 16.6. The molecule has 0 bridgehead atoms. The van der Waals surface area contributed by atoms with Crippen molar-refractivity contribution in [2.75, 3.05) is 0 Å². The molecule has 1 aromatic rings. The van der Waals surface area contributed by atoms with E-state index in [0.29, 0.717) is 10.8 Å². The van der Waals surface area contributed by atoms with Gasteiger partial charge in [-0.15, -0.1) is 0 Å². The first kappa shape index (κ1) is 33.7. The molecule has 0 spiro atoms. The zero-order valence-electron chi connectivity index (χ0n) is 30.5. The zero-order valence-corrected chi connectivity index (χ0v) is 30.5. The van der Waals surface area contributed by atoms with Crippen LogP contribution in [0.5, 0.6) is 0 Å². The van der Waals surface area contributed by atoms with Crippen LogP contribution in [-0.2, 0) is 5.41 Å². The average molecular weight is 627 g/mol. The Morgan fingerprint density at radius 3 is 1.59 bits per heavy atom. The van der Waals surface area contributed by atoms with Crippen molar-refractivity contribution in [2.45, 2.75) is 199 Å². The lowest BCUT2D eigenvalue weighted by atomic mass is 9.45. The first-order chi connectivity index (χ1) is 22.7. The predicted molar refractivity (Wildman–Crippen MR) is 198 cm³/mol. The van der Waals surface area contributed by atoms with E-state index in [1.165, 1.54) is 109 Å². The third-order valence-corrected chi connectivity index (χ3v) is 16.6. The molecule has 0 aromatic heterocycles. The van der Waals surface area contributed by atoms with Gasteiger partial charge in [-0.05, 0) is 115 Å². The molecule has 1 aromatic carbocycles. The molecule has 0 heterocycles. The summed E-state index contributed by atoms with van der Waals surface area (Å²) < 4.78 is 0. The van der Waals surface area contributed by atoms with Crippen LogP contribution in [0.2, 0.25) is 0 Å². The van der Waals surface area contributed by atoms with Crippen molar-refractivity contribution in [3.8, 4) is 0 Å². The van der Waals surface area contributed by atoms with Crippen LogP contribution < -0.4 is 0 Å². The molecule has 0 heteroatoms. The molecule has 0 aliphatic heterocycles. The van der Waals surface area contributed by atoms with Crippen molar-refractivity contribution in [2.24, 2.45) is 52.8 Å². The predicted octanol–water partition coefficient (Wildman–Crippen LogP) is 14.3. The summed E-state index contributed by atoms with van der Waals surface area (Å²) in [4.78, 5) is 0. The van der Waals surface area contributed by atoms with E-state index in [4.69, 9.17) is 0 Å². The van der Waals surface area contributed by atoms with Crippen LogP contribution >= 0.6 is 0 Å². The van der Waals surface area contributed by atoms with E-state index >= 15 is 0 Å². The van der Waals surface area contributed by atoms with Crippen molar-refractivity contribution in [1.29, 1.82) is 0 Å². The molecule has 6 aliphatic rings. The molecule has 4 unspecified atom stereocenters. The Morgan fingerprint density at radius 2 is 1.00 bits per heavy atom. The van der Waals surface area contributed by atoms with Crippen molar-refractivity contribution in [3.05, 3.63) is 35.9 Å². The Hall–Kier alpha value is -0.780. The van der Waals surface area contributed by atoms with Gasteiger partial charge in [0.15, 0.2) is 0 Å². The van der Waals surface area contributed by atoms with Crippen molar-refractivity contribution in [3.63, 3.8) is 0 Å². The Bertz CT molecular complexity index is 1000. The van der Waals surface area contributed by atoms with Gasteiger partial charge in [-0.1, -0.05) is 172 Å². The maximum Gasteiger partial charge on any atom is -0.00440 e. The summed E-state index contributed by atoms with van der Waals surface area (Å²) in [7, 11) is 0. The fraction of sp³-hybridized carbons (Fsp3) is 0.870. The molecule has 6 fully saturated rings. The van der Waals surface area contributed by atoms with Gasteiger partial charge in [-0.3, -0.25) is 0 Å². The van der Waals surface area contributed by atoms with Crippen molar-refractivity contribution in [1.82, 2.24) is 0 Å². The molecule has 6 saturated carbocycles. The Morgan fingerprint density at radius 1 is 0.543 bits per heavy atom. The second-order valence-electron chi connectivity index (χ2n) is 18.7. The summed E-state index contributed by atoms with van der Waals surface area (Å²) in [6.45, 7) is 2.82. The molecule has 46 heavy (non-hydrogen) atoms. The topological polar surface area (TPSA) is 0 Å². The van der Waals surface area contributed by atoms with E-state index in [-0.39, 0.29) is 0 Å². The lowest BCUT2D eigenvalue weighted by molar-refractivity contribution is -0.0952. The van der Waals surface area contributed by atoms with Gasteiger partial charge in [0, 0.05) is 0 Å². The first-order valence-corrected chi connectivity index (χ1v) is 21.8. The molecule has 0 saturated heterocycles. The molecule has 7 rings (SSSR count). The highest BCUT2D eigenvalue weighted by Crippen LogP contribution is 2.65. The Kier molecular flexibility index (Phi) is 11.6. The molecular formula is C46H74. The fourth-order valence-electron chi connectivity index (χ4n) is 14.3. The second-order valence-corrected chi connectivity index (χ2v) is 18.7. The standard InChI is InChI=1S/C46H74/c1-36(37-20-12-13-21-37)43(38-22-14-15-23-38)34-46(42-30-16-17-31-42,41-28-10-4-11-29-41)44(39-24-6-2-7-25-39)35-45(32-18-5-19-33-45)40-26-8-3-9-27-40/h3,8-9,26-27,36-39,41-44H,2,4-7,10-25,28-35H2,1H3. The van der Waals surface area contributed by atoms with Gasteiger partial charge in [-0.2, -0.15) is 0 Å². The van der Waals surface area contributed by atoms with Crippen LogP contribution in [0.25, 0.3) is 0 Å². The van der Waals surface area contributed by atoms with Gasteiger partial charge in [0.05, 0.1) is 0 Å². The van der Waals surface area contributed by atoms with E-state index < -0.39 is 0 Å². The van der Waals surface area contributed by atoms with E-state index in [2.05, 4.69) is 37.3 Å². The molecule has 0 nitrogen and oxygen atoms in total. The Labute approximate surface area is 286 Å². The van der Waals surface area contributed by atoms with Gasteiger partial charge in [-0.25, -0.2) is 0 Å². The zero-order chi connectivity index (χ0) is 31.2. The highest BCUT2D eigenvalue weighted by molar-refractivity contribution is 5.27. The van der Waals surface area contributed by atoms with Gasteiger partial charge in [0.1, 0.15) is 0 Å². The molecular weight excluding hydrogens is 553 g/mol. The first-order valence-electron chi connectivity index (χ1n) is 21.8. The monoisotopic (exact) mass is 627 g/mol. The van der Waals surface area contributed by atoms with Crippen LogP contribution in [0.1, 0.15) is 199 Å². The summed E-state index contributed by atoms with van der Waals surface area (Å²) >= 11 is 0. The second kappa shape index (κ2) is 15.8. The highest BCUT2D eigenvalue weighted by atomic mass is 14.6. The fourth-order valence-corrected chi connectivity index (χ4v) is 14.3. The minimum atomic E-state index is 0.431. The minimum absolute atomic E-state index is 0.431. The maximum atomic E-state index is 2.82. The molecule has 0 radical (unpaired) electrons. The Balaban J connectivity index is 1.36. The maximum absolute atomic E-state index is 2.82. The number of rotatable bonds is 12.